The number of aliphatic hydroxyl groups excluding tert-OH is 3. The fourth-order valence-electron chi connectivity index (χ4n) is 2.25. The van der Waals surface area contributed by atoms with Crippen molar-refractivity contribution in [1.29, 1.82) is 0 Å². The second-order valence-corrected chi connectivity index (χ2v) is 4.50. The standard InChI is InChI=1S/C10H13N5O5/c11-7-4-8(13-2-12-7)14-15(9(4)19)10-6(18)5(17)3(1-16)20-10/h2-3,5-6,10,16-18H,1H2,(H3,11,12,13,14)/t3-,5-,6-,10-/m1/s1. The van der Waals surface area contributed by atoms with Gasteiger partial charge in [-0.3, -0.25) is 9.89 Å². The van der Waals surface area contributed by atoms with Crippen molar-refractivity contribution in [3.63, 3.8) is 0 Å². The smallest absolute Gasteiger partial charge is 0.282 e. The van der Waals surface area contributed by atoms with Crippen LogP contribution >= 0.6 is 0 Å². The van der Waals surface area contributed by atoms with Gasteiger partial charge in [0.1, 0.15) is 35.8 Å². The highest BCUT2D eigenvalue weighted by Gasteiger charge is 2.44. The van der Waals surface area contributed by atoms with Crippen molar-refractivity contribution in [3.05, 3.63) is 16.7 Å². The van der Waals surface area contributed by atoms with Gasteiger partial charge in [0.05, 0.1) is 6.61 Å². The number of nitrogens with two attached hydrogens (primary N) is 1. The van der Waals surface area contributed by atoms with Gasteiger partial charge in [-0.25, -0.2) is 14.6 Å². The summed E-state index contributed by atoms with van der Waals surface area (Å²) in [6.07, 6.45) is -3.62. The van der Waals surface area contributed by atoms with Gasteiger partial charge in [0.15, 0.2) is 11.9 Å². The van der Waals surface area contributed by atoms with Crippen molar-refractivity contribution in [2.24, 2.45) is 0 Å². The monoisotopic (exact) mass is 283 g/mol. The van der Waals surface area contributed by atoms with Crippen LogP contribution in [-0.4, -0.2) is 60.0 Å². The molecule has 3 heterocycles. The second-order valence-electron chi connectivity index (χ2n) is 4.50. The van der Waals surface area contributed by atoms with Gasteiger partial charge in [0.25, 0.3) is 5.56 Å². The molecule has 0 saturated carbocycles. The molecule has 0 bridgehead atoms. The summed E-state index contributed by atoms with van der Waals surface area (Å²) in [5, 5.41) is 31.3. The van der Waals surface area contributed by atoms with Crippen LogP contribution in [0.15, 0.2) is 11.1 Å². The zero-order valence-corrected chi connectivity index (χ0v) is 10.2. The molecule has 1 fully saturated rings. The topological polar surface area (TPSA) is 160 Å². The van der Waals surface area contributed by atoms with E-state index < -0.39 is 36.7 Å². The molecule has 2 aromatic heterocycles. The van der Waals surface area contributed by atoms with Crippen LogP contribution in [0.1, 0.15) is 6.23 Å². The van der Waals surface area contributed by atoms with E-state index in [0.717, 1.165) is 4.68 Å². The van der Waals surface area contributed by atoms with E-state index in [1.807, 2.05) is 0 Å². The van der Waals surface area contributed by atoms with Gasteiger partial charge in [-0.1, -0.05) is 0 Å². The zero-order valence-electron chi connectivity index (χ0n) is 10.2. The number of aromatic nitrogens is 4. The van der Waals surface area contributed by atoms with Crippen LogP contribution in [0.5, 0.6) is 0 Å². The molecule has 2 aromatic rings. The summed E-state index contributed by atoms with van der Waals surface area (Å²) >= 11 is 0. The lowest BCUT2D eigenvalue weighted by Gasteiger charge is -2.14. The summed E-state index contributed by atoms with van der Waals surface area (Å²) in [5.41, 5.74) is 5.23. The third-order valence-corrected chi connectivity index (χ3v) is 3.31. The predicted octanol–water partition coefficient (Wildman–Crippen LogP) is -2.69. The second kappa shape index (κ2) is 4.52. The minimum absolute atomic E-state index is 0.00161. The molecule has 0 unspecified atom stereocenters. The van der Waals surface area contributed by atoms with E-state index in [0.29, 0.717) is 0 Å². The zero-order chi connectivity index (χ0) is 14.4. The minimum Gasteiger partial charge on any atom is -0.394 e. The van der Waals surface area contributed by atoms with E-state index in [1.54, 1.807) is 0 Å². The first-order chi connectivity index (χ1) is 9.54. The maximum Gasteiger partial charge on any atom is 0.282 e. The Kier molecular flexibility index (Phi) is 2.94. The molecule has 10 nitrogen and oxygen atoms in total. The van der Waals surface area contributed by atoms with Crippen LogP contribution in [0.25, 0.3) is 11.0 Å². The quantitative estimate of drug-likeness (QED) is 0.398. The van der Waals surface area contributed by atoms with Crippen molar-refractivity contribution < 1.29 is 20.1 Å². The predicted molar refractivity (Wildman–Crippen MR) is 65.6 cm³/mol. The molecule has 0 radical (unpaired) electrons. The maximum atomic E-state index is 12.2. The molecule has 3 rings (SSSR count). The SMILES string of the molecule is Nc1ncnc2[nH]n([C@@H]3O[C@H](CO)[C@@H](O)[C@H]3O)c(=O)c12. The number of ether oxygens (including phenoxy) is 1. The van der Waals surface area contributed by atoms with E-state index in [4.69, 9.17) is 15.6 Å². The first kappa shape index (κ1) is 13.0. The normalized spacial score (nSPS) is 30.1. The van der Waals surface area contributed by atoms with E-state index in [2.05, 4.69) is 15.1 Å². The van der Waals surface area contributed by atoms with E-state index in [-0.39, 0.29) is 16.9 Å². The molecule has 10 heteroatoms. The number of H-pyrrole nitrogens is 1. The molecule has 0 amide bonds. The van der Waals surface area contributed by atoms with Crippen LogP contribution in [0, 0.1) is 0 Å². The Morgan fingerprint density at radius 2 is 2.15 bits per heavy atom. The van der Waals surface area contributed by atoms with Crippen LogP contribution < -0.4 is 11.3 Å². The molecule has 0 aliphatic carbocycles. The Morgan fingerprint density at radius 1 is 1.40 bits per heavy atom. The molecule has 0 aromatic carbocycles. The van der Waals surface area contributed by atoms with E-state index >= 15 is 0 Å². The van der Waals surface area contributed by atoms with Crippen LogP contribution in [-0.2, 0) is 4.74 Å². The molecule has 1 aliphatic heterocycles. The number of aliphatic hydroxyl groups is 3. The van der Waals surface area contributed by atoms with Crippen molar-refractivity contribution in [2.45, 2.75) is 24.5 Å². The lowest BCUT2D eigenvalue weighted by atomic mass is 10.1. The maximum absolute atomic E-state index is 12.2. The fourth-order valence-corrected chi connectivity index (χ4v) is 2.25. The Balaban J connectivity index is 2.10. The number of fused-ring (bicyclic) bond motifs is 1. The number of aromatic amines is 1. The summed E-state index contributed by atoms with van der Waals surface area (Å²) in [6, 6.07) is 0. The summed E-state index contributed by atoms with van der Waals surface area (Å²) in [6.45, 7) is -0.481. The Labute approximate surface area is 111 Å². The van der Waals surface area contributed by atoms with Crippen molar-refractivity contribution in [3.8, 4) is 0 Å². The first-order valence-electron chi connectivity index (χ1n) is 5.87. The molecule has 0 spiro atoms. The molecule has 1 aliphatic rings. The Bertz CT molecular complexity index is 697. The van der Waals surface area contributed by atoms with Gasteiger partial charge in [0.2, 0.25) is 0 Å². The number of hydrogen-bond acceptors (Lipinski definition) is 8. The lowest BCUT2D eigenvalue weighted by Crippen LogP contribution is -2.35. The first-order valence-corrected chi connectivity index (χ1v) is 5.87. The molecule has 1 saturated heterocycles. The number of nitrogens with one attached hydrogen (secondary N) is 1. The van der Waals surface area contributed by atoms with Crippen LogP contribution in [0.2, 0.25) is 0 Å². The highest BCUT2D eigenvalue weighted by molar-refractivity contribution is 5.84. The lowest BCUT2D eigenvalue weighted by molar-refractivity contribution is -0.0598. The Morgan fingerprint density at radius 3 is 2.75 bits per heavy atom. The van der Waals surface area contributed by atoms with E-state index in [9.17, 15) is 15.0 Å². The molecular weight excluding hydrogens is 270 g/mol. The van der Waals surface area contributed by atoms with Gasteiger partial charge in [-0.15, -0.1) is 0 Å². The summed E-state index contributed by atoms with van der Waals surface area (Å²) in [5.74, 6) is 0.00161. The highest BCUT2D eigenvalue weighted by Crippen LogP contribution is 2.28. The average Bonchev–Trinajstić information content (AvgIpc) is 2.90. The van der Waals surface area contributed by atoms with Crippen LogP contribution in [0.4, 0.5) is 5.82 Å². The van der Waals surface area contributed by atoms with Crippen molar-refractivity contribution in [2.75, 3.05) is 12.3 Å². The summed E-state index contributed by atoms with van der Waals surface area (Å²) in [4.78, 5) is 19.8. The number of nitrogen functional groups attached to an aromatic ring is 1. The van der Waals surface area contributed by atoms with Gasteiger partial charge >= 0.3 is 0 Å². The summed E-state index contributed by atoms with van der Waals surface area (Å²) < 4.78 is 6.24. The summed E-state index contributed by atoms with van der Waals surface area (Å²) in [7, 11) is 0. The molecular formula is C10H13N5O5. The highest BCUT2D eigenvalue weighted by atomic mass is 16.6. The minimum atomic E-state index is -1.37. The van der Waals surface area contributed by atoms with Crippen LogP contribution in [0.3, 0.4) is 0 Å². The average molecular weight is 283 g/mol. The molecule has 108 valence electrons. The van der Waals surface area contributed by atoms with Gasteiger partial charge in [-0.2, -0.15) is 0 Å². The fraction of sp³-hybridized carbons (Fsp3) is 0.500. The van der Waals surface area contributed by atoms with E-state index in [1.165, 1.54) is 6.33 Å². The van der Waals surface area contributed by atoms with Gasteiger partial charge < -0.3 is 25.8 Å². The number of rotatable bonds is 2. The Hall–Kier alpha value is -2.01. The third kappa shape index (κ3) is 1.70. The van der Waals surface area contributed by atoms with Crippen molar-refractivity contribution in [1.82, 2.24) is 19.7 Å². The largest absolute Gasteiger partial charge is 0.394 e. The van der Waals surface area contributed by atoms with Gasteiger partial charge in [-0.05, 0) is 0 Å². The number of anilines is 1. The number of nitrogens with zero attached hydrogens (tertiary/aromatic N) is 3. The van der Waals surface area contributed by atoms with Gasteiger partial charge in [0, 0.05) is 0 Å². The molecule has 6 N–H and O–H groups in total. The number of hydrogen-bond donors (Lipinski definition) is 5. The molecule has 20 heavy (non-hydrogen) atoms. The third-order valence-electron chi connectivity index (χ3n) is 3.31. The molecule has 4 atom stereocenters. The van der Waals surface area contributed by atoms with Crippen molar-refractivity contribution >= 4 is 16.9 Å².